The Morgan fingerprint density at radius 1 is 1.67 bits per heavy atom. The molecule has 1 aromatic rings. The van der Waals surface area contributed by atoms with Crippen molar-refractivity contribution in [2.24, 2.45) is 0 Å². The van der Waals surface area contributed by atoms with Gasteiger partial charge in [0.25, 0.3) is 0 Å². The van der Waals surface area contributed by atoms with E-state index in [1.54, 1.807) is 12.5 Å². The molecule has 0 amide bonds. The van der Waals surface area contributed by atoms with E-state index < -0.39 is 0 Å². The molecule has 0 saturated carbocycles. The maximum Gasteiger partial charge on any atom is 0.129 e. The smallest absolute Gasteiger partial charge is 0.129 e. The Morgan fingerprint density at radius 2 is 2.50 bits per heavy atom. The van der Waals surface area contributed by atoms with Crippen LogP contribution in [0.3, 0.4) is 0 Å². The predicted molar refractivity (Wildman–Crippen MR) is 53.5 cm³/mol. The number of anilines is 1. The van der Waals surface area contributed by atoms with Crippen LogP contribution in [0.25, 0.3) is 0 Å². The molecule has 0 aromatic carbocycles. The van der Waals surface area contributed by atoms with E-state index in [-0.39, 0.29) is 0 Å². The highest BCUT2D eigenvalue weighted by Crippen LogP contribution is 2.06. The molecule has 1 N–H and O–H groups in total. The molecule has 0 spiro atoms. The monoisotopic (exact) mass is 183 g/mol. The molecule has 0 radical (unpaired) electrons. The van der Waals surface area contributed by atoms with Gasteiger partial charge in [-0.15, -0.1) is 0 Å². The molecule has 12 heavy (non-hydrogen) atoms. The zero-order valence-corrected chi connectivity index (χ0v) is 8.14. The zero-order chi connectivity index (χ0) is 8.81. The molecular formula is C8H13N3S. The number of nitrogens with one attached hydrogen (secondary N) is 1. The minimum absolute atomic E-state index is 0.611. The van der Waals surface area contributed by atoms with Crippen LogP contribution in [0.1, 0.15) is 6.92 Å². The number of rotatable bonds is 4. The van der Waals surface area contributed by atoms with Crippen LogP contribution in [0.5, 0.6) is 0 Å². The van der Waals surface area contributed by atoms with Crippen LogP contribution in [-0.2, 0) is 0 Å². The van der Waals surface area contributed by atoms with Crippen molar-refractivity contribution in [2.75, 3.05) is 18.1 Å². The summed E-state index contributed by atoms with van der Waals surface area (Å²) >= 11 is 1.84. The summed E-state index contributed by atoms with van der Waals surface area (Å²) in [5, 5.41) is 3.83. The van der Waals surface area contributed by atoms with Gasteiger partial charge < -0.3 is 5.32 Å². The molecule has 0 aliphatic rings. The van der Waals surface area contributed by atoms with E-state index in [4.69, 9.17) is 0 Å². The average Bonchev–Trinajstić information content (AvgIpc) is 2.16. The highest BCUT2D eigenvalue weighted by atomic mass is 32.2. The molecule has 1 rings (SSSR count). The fourth-order valence-corrected chi connectivity index (χ4v) is 0.977. The Kier molecular flexibility index (Phi) is 3.87. The van der Waals surface area contributed by atoms with Crippen molar-refractivity contribution in [3.63, 3.8) is 0 Å². The van der Waals surface area contributed by atoms with E-state index >= 15 is 0 Å². The van der Waals surface area contributed by atoms with E-state index in [1.165, 1.54) is 0 Å². The van der Waals surface area contributed by atoms with Gasteiger partial charge in [0.15, 0.2) is 0 Å². The molecule has 0 bridgehead atoms. The summed E-state index contributed by atoms with van der Waals surface area (Å²) in [4.78, 5) is 7.89. The zero-order valence-electron chi connectivity index (χ0n) is 7.32. The standard InChI is InChI=1S/C8H13N3S/c1-7(12-2)5-10-8-3-4-9-6-11-8/h3-4,6-7H,5H2,1-2H3,(H,9,10,11). The lowest BCUT2D eigenvalue weighted by Gasteiger charge is -2.09. The molecule has 0 saturated heterocycles. The Balaban J connectivity index is 2.33. The van der Waals surface area contributed by atoms with Gasteiger partial charge in [-0.05, 0) is 12.3 Å². The van der Waals surface area contributed by atoms with Gasteiger partial charge in [0.2, 0.25) is 0 Å². The van der Waals surface area contributed by atoms with Crippen molar-refractivity contribution >= 4 is 17.6 Å². The SMILES string of the molecule is CSC(C)CNc1ccncn1. The van der Waals surface area contributed by atoms with Gasteiger partial charge in [-0.1, -0.05) is 6.92 Å². The van der Waals surface area contributed by atoms with Crippen LogP contribution >= 0.6 is 11.8 Å². The van der Waals surface area contributed by atoms with Crippen LogP contribution in [0, 0.1) is 0 Å². The van der Waals surface area contributed by atoms with Gasteiger partial charge in [0.05, 0.1) is 0 Å². The first-order chi connectivity index (χ1) is 5.83. The van der Waals surface area contributed by atoms with Gasteiger partial charge in [0, 0.05) is 18.0 Å². The molecule has 1 heterocycles. The fourth-order valence-electron chi connectivity index (χ4n) is 0.727. The second-order valence-corrected chi connectivity index (χ2v) is 3.80. The van der Waals surface area contributed by atoms with Gasteiger partial charge in [-0.2, -0.15) is 11.8 Å². The van der Waals surface area contributed by atoms with Crippen molar-refractivity contribution in [3.8, 4) is 0 Å². The molecule has 66 valence electrons. The molecular weight excluding hydrogens is 170 g/mol. The molecule has 0 aliphatic heterocycles. The Hall–Kier alpha value is -0.770. The minimum Gasteiger partial charge on any atom is -0.369 e. The van der Waals surface area contributed by atoms with Gasteiger partial charge >= 0.3 is 0 Å². The van der Waals surface area contributed by atoms with E-state index in [1.807, 2.05) is 17.8 Å². The number of hydrogen-bond donors (Lipinski definition) is 1. The fraction of sp³-hybridized carbons (Fsp3) is 0.500. The lowest BCUT2D eigenvalue weighted by Crippen LogP contribution is -2.13. The first kappa shape index (κ1) is 9.32. The van der Waals surface area contributed by atoms with Crippen LogP contribution < -0.4 is 5.32 Å². The molecule has 1 atom stereocenters. The Labute approximate surface area is 77.0 Å². The van der Waals surface area contributed by atoms with Crippen LogP contribution in [0.2, 0.25) is 0 Å². The van der Waals surface area contributed by atoms with Gasteiger partial charge in [-0.3, -0.25) is 0 Å². The molecule has 1 aromatic heterocycles. The number of thioether (sulfide) groups is 1. The summed E-state index contributed by atoms with van der Waals surface area (Å²) < 4.78 is 0. The molecule has 0 fully saturated rings. The molecule has 0 aliphatic carbocycles. The number of hydrogen-bond acceptors (Lipinski definition) is 4. The van der Waals surface area contributed by atoms with Crippen LogP contribution in [0.15, 0.2) is 18.6 Å². The van der Waals surface area contributed by atoms with E-state index in [0.717, 1.165) is 12.4 Å². The normalized spacial score (nSPS) is 12.5. The third-order valence-electron chi connectivity index (χ3n) is 1.55. The first-order valence-corrected chi connectivity index (χ1v) is 5.14. The molecule has 4 heteroatoms. The highest BCUT2D eigenvalue weighted by Gasteiger charge is 1.98. The van der Waals surface area contributed by atoms with Crippen molar-refractivity contribution in [1.29, 1.82) is 0 Å². The van der Waals surface area contributed by atoms with Crippen molar-refractivity contribution < 1.29 is 0 Å². The number of nitrogens with zero attached hydrogens (tertiary/aromatic N) is 2. The Morgan fingerprint density at radius 3 is 3.08 bits per heavy atom. The largest absolute Gasteiger partial charge is 0.369 e. The van der Waals surface area contributed by atoms with Crippen LogP contribution in [0.4, 0.5) is 5.82 Å². The van der Waals surface area contributed by atoms with Gasteiger partial charge in [0.1, 0.15) is 12.1 Å². The summed E-state index contributed by atoms with van der Waals surface area (Å²) in [5.74, 6) is 0.894. The van der Waals surface area contributed by atoms with E-state index in [9.17, 15) is 0 Å². The van der Waals surface area contributed by atoms with E-state index in [0.29, 0.717) is 5.25 Å². The first-order valence-electron chi connectivity index (χ1n) is 3.85. The average molecular weight is 183 g/mol. The maximum atomic E-state index is 4.05. The summed E-state index contributed by atoms with van der Waals surface area (Å²) in [6.07, 6.45) is 5.39. The summed E-state index contributed by atoms with van der Waals surface area (Å²) in [6, 6.07) is 1.87. The van der Waals surface area contributed by atoms with Gasteiger partial charge in [-0.25, -0.2) is 9.97 Å². The highest BCUT2D eigenvalue weighted by molar-refractivity contribution is 7.99. The van der Waals surface area contributed by atoms with Crippen molar-refractivity contribution in [1.82, 2.24) is 9.97 Å². The second kappa shape index (κ2) is 4.98. The quantitative estimate of drug-likeness (QED) is 0.770. The lowest BCUT2D eigenvalue weighted by atomic mass is 10.4. The predicted octanol–water partition coefficient (Wildman–Crippen LogP) is 1.64. The third kappa shape index (κ3) is 3.09. The summed E-state index contributed by atoms with van der Waals surface area (Å²) in [7, 11) is 0. The van der Waals surface area contributed by atoms with Crippen molar-refractivity contribution in [2.45, 2.75) is 12.2 Å². The summed E-state index contributed by atoms with van der Waals surface area (Å²) in [6.45, 7) is 3.12. The van der Waals surface area contributed by atoms with Crippen LogP contribution in [-0.4, -0.2) is 28.0 Å². The Bertz CT molecular complexity index is 215. The summed E-state index contributed by atoms with van der Waals surface area (Å²) in [5.41, 5.74) is 0. The third-order valence-corrected chi connectivity index (χ3v) is 2.53. The second-order valence-electron chi connectivity index (χ2n) is 2.52. The molecule has 1 unspecified atom stereocenters. The lowest BCUT2D eigenvalue weighted by molar-refractivity contribution is 0.986. The maximum absolute atomic E-state index is 4.05. The minimum atomic E-state index is 0.611. The van der Waals surface area contributed by atoms with E-state index in [2.05, 4.69) is 28.5 Å². The van der Waals surface area contributed by atoms with Crippen molar-refractivity contribution in [3.05, 3.63) is 18.6 Å². The topological polar surface area (TPSA) is 37.8 Å². The number of aromatic nitrogens is 2. The molecule has 3 nitrogen and oxygen atoms in total.